The minimum absolute atomic E-state index is 0.0195. The number of nitrogens with zero attached hydrogens (tertiary/aromatic N) is 4. The van der Waals surface area contributed by atoms with Crippen molar-refractivity contribution in [1.29, 1.82) is 0 Å². The van der Waals surface area contributed by atoms with Crippen LogP contribution in [0.2, 0.25) is 0 Å². The summed E-state index contributed by atoms with van der Waals surface area (Å²) in [5, 5.41) is 12.5. The summed E-state index contributed by atoms with van der Waals surface area (Å²) in [6, 6.07) is 11.7. The zero-order valence-electron chi connectivity index (χ0n) is 16.2. The highest BCUT2D eigenvalue weighted by Crippen LogP contribution is 2.31. The first-order valence-electron chi connectivity index (χ1n) is 9.73. The van der Waals surface area contributed by atoms with Crippen LogP contribution in [0, 0.1) is 0 Å². The Morgan fingerprint density at radius 1 is 1.24 bits per heavy atom. The van der Waals surface area contributed by atoms with E-state index in [2.05, 4.69) is 32.0 Å². The van der Waals surface area contributed by atoms with Gasteiger partial charge in [0.1, 0.15) is 5.75 Å². The maximum absolute atomic E-state index is 12.6. The zero-order chi connectivity index (χ0) is 20.1. The third-order valence-corrected chi connectivity index (χ3v) is 5.70. The molecule has 1 N–H and O–H groups in total. The van der Waals surface area contributed by atoms with Gasteiger partial charge in [0.15, 0.2) is 11.0 Å². The number of carbonyl (C=O) groups excluding carboxylic acids is 1. The first-order chi connectivity index (χ1) is 14.3. The number of hydrogen-bond acceptors (Lipinski definition) is 6. The van der Waals surface area contributed by atoms with Crippen LogP contribution < -0.4 is 10.1 Å². The van der Waals surface area contributed by atoms with Crippen molar-refractivity contribution in [2.75, 3.05) is 12.4 Å². The van der Waals surface area contributed by atoms with E-state index in [0.717, 1.165) is 47.2 Å². The number of ether oxygens (including phenoxy) is 1. The van der Waals surface area contributed by atoms with E-state index in [4.69, 9.17) is 4.74 Å². The van der Waals surface area contributed by atoms with Crippen LogP contribution in [-0.2, 0) is 11.3 Å². The lowest BCUT2D eigenvalue weighted by atomic mass is 10.0. The number of nitrogens with one attached hydrogen (secondary N) is 1. The van der Waals surface area contributed by atoms with Crippen LogP contribution in [0.15, 0.2) is 53.9 Å². The maximum Gasteiger partial charge on any atom is 0.230 e. The van der Waals surface area contributed by atoms with Crippen LogP contribution >= 0.6 is 11.8 Å². The second-order valence-electron chi connectivity index (χ2n) is 6.78. The molecule has 1 aliphatic rings. The van der Waals surface area contributed by atoms with Crippen LogP contribution in [-0.4, -0.2) is 38.0 Å². The summed E-state index contributed by atoms with van der Waals surface area (Å²) in [7, 11) is 0. The fraction of sp³-hybridized carbons (Fsp3) is 0.333. The van der Waals surface area contributed by atoms with Gasteiger partial charge in [0.2, 0.25) is 5.91 Å². The molecule has 0 fully saturated rings. The van der Waals surface area contributed by atoms with Crippen molar-refractivity contribution in [2.24, 2.45) is 0 Å². The molecule has 2 aromatic heterocycles. The number of rotatable bonds is 7. The van der Waals surface area contributed by atoms with Gasteiger partial charge in [0, 0.05) is 36.5 Å². The largest absolute Gasteiger partial charge is 0.493 e. The molecular weight excluding hydrogens is 386 g/mol. The highest BCUT2D eigenvalue weighted by molar-refractivity contribution is 7.99. The summed E-state index contributed by atoms with van der Waals surface area (Å²) in [5.74, 6) is 1.92. The Morgan fingerprint density at radius 3 is 2.90 bits per heavy atom. The third kappa shape index (κ3) is 4.42. The highest BCUT2D eigenvalue weighted by atomic mass is 32.2. The van der Waals surface area contributed by atoms with Gasteiger partial charge in [-0.15, -0.1) is 10.2 Å². The molecule has 0 radical (unpaired) electrons. The molecule has 1 aromatic carbocycles. The molecule has 7 nitrogen and oxygen atoms in total. The van der Waals surface area contributed by atoms with Gasteiger partial charge in [-0.05, 0) is 24.6 Å². The quantitative estimate of drug-likeness (QED) is 0.602. The average Bonchev–Trinajstić information content (AvgIpc) is 3.16. The van der Waals surface area contributed by atoms with E-state index in [-0.39, 0.29) is 17.7 Å². The average molecular weight is 410 g/mol. The number of thioether (sulfide) groups is 1. The predicted molar refractivity (Wildman–Crippen MR) is 112 cm³/mol. The summed E-state index contributed by atoms with van der Waals surface area (Å²) in [5.41, 5.74) is 2.00. The van der Waals surface area contributed by atoms with Crippen LogP contribution in [0.4, 0.5) is 0 Å². The first-order valence-corrected chi connectivity index (χ1v) is 10.7. The topological polar surface area (TPSA) is 81.9 Å². The molecule has 150 valence electrons. The number of aromatic nitrogens is 4. The molecule has 8 heteroatoms. The van der Waals surface area contributed by atoms with Crippen molar-refractivity contribution < 1.29 is 9.53 Å². The van der Waals surface area contributed by atoms with Crippen LogP contribution in [0.5, 0.6) is 5.75 Å². The molecule has 1 unspecified atom stereocenters. The van der Waals surface area contributed by atoms with Crippen molar-refractivity contribution in [2.45, 2.75) is 37.5 Å². The van der Waals surface area contributed by atoms with E-state index >= 15 is 0 Å². The summed E-state index contributed by atoms with van der Waals surface area (Å²) < 4.78 is 7.74. The maximum atomic E-state index is 12.6. The minimum Gasteiger partial charge on any atom is -0.493 e. The van der Waals surface area contributed by atoms with Gasteiger partial charge >= 0.3 is 0 Å². The van der Waals surface area contributed by atoms with Gasteiger partial charge in [-0.25, -0.2) is 0 Å². The number of carbonyl (C=O) groups is 1. The second-order valence-corrected chi connectivity index (χ2v) is 7.72. The van der Waals surface area contributed by atoms with Crippen molar-refractivity contribution in [1.82, 2.24) is 25.1 Å². The molecule has 3 heterocycles. The lowest BCUT2D eigenvalue weighted by Gasteiger charge is -2.26. The molecule has 1 atom stereocenters. The van der Waals surface area contributed by atoms with Gasteiger partial charge in [0.05, 0.1) is 18.4 Å². The van der Waals surface area contributed by atoms with Crippen molar-refractivity contribution in [3.63, 3.8) is 0 Å². The predicted octanol–water partition coefficient (Wildman–Crippen LogP) is 3.48. The van der Waals surface area contributed by atoms with Crippen LogP contribution in [0.25, 0.3) is 11.4 Å². The SMILES string of the molecule is CCCn1c(SCC(=O)NC2CCOc3ccccc32)nnc1-c1ccncc1. The van der Waals surface area contributed by atoms with Gasteiger partial charge in [-0.1, -0.05) is 36.9 Å². The molecule has 0 saturated carbocycles. The molecule has 0 bridgehead atoms. The summed E-state index contributed by atoms with van der Waals surface area (Å²) in [6.07, 6.45) is 5.21. The standard InChI is InChI=1S/C21H23N5O2S/c1-2-12-26-20(15-7-10-22-11-8-15)24-25-21(26)29-14-19(27)23-17-9-13-28-18-6-4-3-5-16(17)18/h3-8,10-11,17H,2,9,12-14H2,1H3,(H,23,27). The van der Waals surface area contributed by atoms with Gasteiger partial charge in [-0.3, -0.25) is 9.78 Å². The highest BCUT2D eigenvalue weighted by Gasteiger charge is 2.23. The molecule has 0 spiro atoms. The van der Waals surface area contributed by atoms with Crippen molar-refractivity contribution in [3.8, 4) is 17.1 Å². The summed E-state index contributed by atoms with van der Waals surface area (Å²) >= 11 is 1.41. The third-order valence-electron chi connectivity index (χ3n) is 4.73. The molecule has 4 rings (SSSR count). The lowest BCUT2D eigenvalue weighted by Crippen LogP contribution is -2.33. The van der Waals surface area contributed by atoms with Gasteiger partial charge in [0.25, 0.3) is 0 Å². The lowest BCUT2D eigenvalue weighted by molar-refractivity contribution is -0.119. The van der Waals surface area contributed by atoms with E-state index in [1.165, 1.54) is 11.8 Å². The Hall–Kier alpha value is -2.87. The number of fused-ring (bicyclic) bond motifs is 1. The van der Waals surface area contributed by atoms with E-state index < -0.39 is 0 Å². The van der Waals surface area contributed by atoms with Crippen molar-refractivity contribution >= 4 is 17.7 Å². The Kier molecular flexibility index (Phi) is 6.09. The van der Waals surface area contributed by atoms with Gasteiger partial charge < -0.3 is 14.6 Å². The fourth-order valence-electron chi connectivity index (χ4n) is 3.39. The first kappa shape index (κ1) is 19.4. The minimum atomic E-state index is -0.0202. The zero-order valence-corrected chi connectivity index (χ0v) is 17.1. The van der Waals surface area contributed by atoms with Crippen LogP contribution in [0.3, 0.4) is 0 Å². The molecule has 1 amide bonds. The number of pyridine rings is 1. The Balaban J connectivity index is 1.43. The van der Waals surface area contributed by atoms with Gasteiger partial charge in [-0.2, -0.15) is 0 Å². The van der Waals surface area contributed by atoms with E-state index in [1.54, 1.807) is 12.4 Å². The van der Waals surface area contributed by atoms with E-state index in [0.29, 0.717) is 6.61 Å². The Bertz CT molecular complexity index is 976. The fourth-order valence-corrected chi connectivity index (χ4v) is 4.17. The molecular formula is C21H23N5O2S. The second kappa shape index (κ2) is 9.09. The number of hydrogen-bond donors (Lipinski definition) is 1. The Labute approximate surface area is 173 Å². The van der Waals surface area contributed by atoms with E-state index in [1.807, 2.05) is 36.4 Å². The molecule has 0 saturated heterocycles. The van der Waals surface area contributed by atoms with Crippen molar-refractivity contribution in [3.05, 3.63) is 54.4 Å². The number of para-hydroxylation sites is 1. The number of amides is 1. The molecule has 1 aliphatic heterocycles. The van der Waals surface area contributed by atoms with E-state index in [9.17, 15) is 4.79 Å². The normalized spacial score (nSPS) is 15.4. The molecule has 0 aliphatic carbocycles. The summed E-state index contributed by atoms with van der Waals surface area (Å²) in [4.78, 5) is 16.7. The molecule has 3 aromatic rings. The Morgan fingerprint density at radius 2 is 2.07 bits per heavy atom. The smallest absolute Gasteiger partial charge is 0.230 e. The van der Waals surface area contributed by atoms with Crippen LogP contribution in [0.1, 0.15) is 31.4 Å². The number of benzene rings is 1. The summed E-state index contributed by atoms with van der Waals surface area (Å²) in [6.45, 7) is 3.51. The monoisotopic (exact) mass is 409 g/mol. The molecule has 29 heavy (non-hydrogen) atoms.